The molecule has 0 radical (unpaired) electrons. The van der Waals surface area contributed by atoms with Crippen LogP contribution in [0.2, 0.25) is 5.02 Å². The maximum Gasteiger partial charge on any atom is 0.259 e. The van der Waals surface area contributed by atoms with Crippen LogP contribution in [0.5, 0.6) is 0 Å². The van der Waals surface area contributed by atoms with Crippen molar-refractivity contribution < 1.29 is 9.21 Å². The van der Waals surface area contributed by atoms with Crippen LogP contribution in [0, 0.1) is 11.3 Å². The fourth-order valence-electron chi connectivity index (χ4n) is 4.55. The second-order valence-corrected chi connectivity index (χ2v) is 12.9. The number of fused-ring (bicyclic) bond motifs is 1. The highest BCUT2D eigenvalue weighted by molar-refractivity contribution is 7.99. The lowest BCUT2D eigenvalue weighted by Gasteiger charge is -2.33. The number of halogens is 1. The van der Waals surface area contributed by atoms with E-state index in [1.54, 1.807) is 41.4 Å². The Kier molecular flexibility index (Phi) is 7.61. The van der Waals surface area contributed by atoms with Gasteiger partial charge < -0.3 is 9.73 Å². The van der Waals surface area contributed by atoms with Gasteiger partial charge >= 0.3 is 0 Å². The van der Waals surface area contributed by atoms with E-state index in [2.05, 4.69) is 26.1 Å². The molecule has 0 unspecified atom stereocenters. The van der Waals surface area contributed by atoms with Crippen LogP contribution in [0.25, 0.3) is 0 Å². The normalized spacial score (nSPS) is 15.6. The van der Waals surface area contributed by atoms with Crippen LogP contribution in [0.4, 0.5) is 10.7 Å². The molecule has 4 nitrogen and oxygen atoms in total. The molecule has 0 fully saturated rings. The molecule has 0 bridgehead atoms. The predicted molar refractivity (Wildman–Crippen MR) is 155 cm³/mol. The summed E-state index contributed by atoms with van der Waals surface area (Å²) in [6, 6.07) is 21.1. The molecular weight excluding hydrogens is 520 g/mol. The molecule has 37 heavy (non-hydrogen) atoms. The summed E-state index contributed by atoms with van der Waals surface area (Å²) >= 11 is 9.21. The average molecular weight is 549 g/mol. The molecule has 190 valence electrons. The van der Waals surface area contributed by atoms with Gasteiger partial charge in [-0.3, -0.25) is 4.79 Å². The van der Waals surface area contributed by atoms with E-state index < -0.39 is 0 Å². The van der Waals surface area contributed by atoms with Crippen molar-refractivity contribution in [1.82, 2.24) is 0 Å². The first-order valence-electron chi connectivity index (χ1n) is 12.3. The topological polar surface area (TPSA) is 54.6 Å². The van der Waals surface area contributed by atoms with Crippen molar-refractivity contribution in [3.8, 4) is 0 Å². The first kappa shape index (κ1) is 25.8. The molecule has 2 heterocycles. The van der Waals surface area contributed by atoms with E-state index in [9.17, 15) is 4.79 Å². The summed E-state index contributed by atoms with van der Waals surface area (Å²) in [6.07, 6.45) is 4.63. The third-order valence-corrected chi connectivity index (χ3v) is 9.02. The molecular formula is C30H29ClN2O2S2. The number of nitrogens with zero attached hydrogens (tertiary/aromatic N) is 1. The van der Waals surface area contributed by atoms with E-state index >= 15 is 0 Å². The summed E-state index contributed by atoms with van der Waals surface area (Å²) in [5.74, 6) is 1.09. The minimum Gasteiger partial charge on any atom is -0.449 e. The summed E-state index contributed by atoms with van der Waals surface area (Å²) in [6.45, 7) is 6.89. The molecule has 1 aliphatic rings. The number of anilines is 1. The zero-order valence-corrected chi connectivity index (χ0v) is 23.5. The third kappa shape index (κ3) is 6.20. The van der Waals surface area contributed by atoms with E-state index in [0.717, 1.165) is 39.8 Å². The molecule has 0 saturated heterocycles. The van der Waals surface area contributed by atoms with E-state index in [-0.39, 0.29) is 11.3 Å². The summed E-state index contributed by atoms with van der Waals surface area (Å²) in [5, 5.41) is 5.19. The number of carbonyl (C=O) groups is 1. The number of amides is 1. The lowest BCUT2D eigenvalue weighted by Crippen LogP contribution is -2.27. The van der Waals surface area contributed by atoms with Crippen molar-refractivity contribution >= 4 is 57.5 Å². The highest BCUT2D eigenvalue weighted by Crippen LogP contribution is 2.45. The number of hydrogen-bond acceptors (Lipinski definition) is 5. The van der Waals surface area contributed by atoms with Crippen molar-refractivity contribution in [3.63, 3.8) is 0 Å². The molecule has 1 atom stereocenters. The van der Waals surface area contributed by atoms with Gasteiger partial charge in [0.25, 0.3) is 5.91 Å². The van der Waals surface area contributed by atoms with Crippen molar-refractivity contribution in [2.75, 3.05) is 5.32 Å². The van der Waals surface area contributed by atoms with Crippen LogP contribution >= 0.6 is 34.7 Å². The lowest BCUT2D eigenvalue weighted by molar-refractivity contribution is 0.102. The Morgan fingerprint density at radius 1 is 1.11 bits per heavy atom. The molecule has 5 rings (SSSR count). The average Bonchev–Trinajstić information content (AvgIpc) is 3.47. The Bertz CT molecular complexity index is 1420. The SMILES string of the molecule is CC(C)(C)[C@H]1CCc2c(sc(N=Cc3ccc(Sc4ccccc4)o3)c2C(=O)Nc2ccc(Cl)cc2)C1. The maximum atomic E-state index is 13.5. The molecule has 2 aromatic heterocycles. The zero-order valence-electron chi connectivity index (χ0n) is 21.1. The molecule has 4 aromatic rings. The largest absolute Gasteiger partial charge is 0.449 e. The predicted octanol–water partition coefficient (Wildman–Crippen LogP) is 9.30. The van der Waals surface area contributed by atoms with E-state index in [1.165, 1.54) is 4.88 Å². The van der Waals surface area contributed by atoms with Gasteiger partial charge in [0.15, 0.2) is 5.09 Å². The standard InChI is InChI=1S/C30H29ClN2O2S2/c1-30(2,3)19-9-15-24-25(17-19)37-29(27(24)28(34)33-21-12-10-20(31)11-13-21)32-18-22-14-16-26(35-22)36-23-7-5-4-6-8-23/h4-8,10-14,16,18-19H,9,15,17H2,1-3H3,(H,33,34)/t19-/m0/s1. The second kappa shape index (κ2) is 10.9. The number of nitrogens with one attached hydrogen (secondary N) is 1. The molecule has 0 spiro atoms. The number of furan rings is 1. The van der Waals surface area contributed by atoms with Gasteiger partial charge in [-0.1, -0.05) is 62.3 Å². The highest BCUT2D eigenvalue weighted by atomic mass is 35.5. The minimum absolute atomic E-state index is 0.138. The Morgan fingerprint density at radius 3 is 2.59 bits per heavy atom. The van der Waals surface area contributed by atoms with Crippen molar-refractivity contribution in [3.05, 3.63) is 93.5 Å². The summed E-state index contributed by atoms with van der Waals surface area (Å²) in [5.41, 5.74) is 2.73. The Hall–Kier alpha value is -2.80. The molecule has 2 aromatic carbocycles. The van der Waals surface area contributed by atoms with Crippen molar-refractivity contribution in [2.45, 2.75) is 50.0 Å². The van der Waals surface area contributed by atoms with Gasteiger partial charge in [0.05, 0.1) is 11.8 Å². The minimum atomic E-state index is -0.138. The molecule has 1 N–H and O–H groups in total. The Morgan fingerprint density at radius 2 is 1.86 bits per heavy atom. The molecule has 0 saturated carbocycles. The number of benzene rings is 2. The third-order valence-electron chi connectivity index (χ3n) is 6.67. The van der Waals surface area contributed by atoms with Crippen LogP contribution in [0.1, 0.15) is 53.8 Å². The number of carbonyl (C=O) groups excluding carboxylic acids is 1. The summed E-state index contributed by atoms with van der Waals surface area (Å²) in [7, 11) is 0. The number of aliphatic imine (C=N–C) groups is 1. The van der Waals surface area contributed by atoms with Crippen LogP contribution in [-0.4, -0.2) is 12.1 Å². The van der Waals surface area contributed by atoms with E-state index in [4.69, 9.17) is 21.0 Å². The van der Waals surface area contributed by atoms with E-state index in [1.807, 2.05) is 54.6 Å². The fraction of sp³-hybridized carbons (Fsp3) is 0.267. The Labute approximate surface area is 231 Å². The van der Waals surface area contributed by atoms with Gasteiger partial charge in [0.1, 0.15) is 10.8 Å². The lowest BCUT2D eigenvalue weighted by atomic mass is 9.72. The van der Waals surface area contributed by atoms with Gasteiger partial charge in [0.2, 0.25) is 0 Å². The number of rotatable bonds is 6. The van der Waals surface area contributed by atoms with Gasteiger partial charge in [-0.25, -0.2) is 4.99 Å². The number of thiophene rings is 1. The van der Waals surface area contributed by atoms with Gasteiger partial charge in [-0.2, -0.15) is 0 Å². The first-order chi connectivity index (χ1) is 17.8. The van der Waals surface area contributed by atoms with Crippen LogP contribution in [-0.2, 0) is 12.8 Å². The maximum absolute atomic E-state index is 13.5. The Balaban J connectivity index is 1.42. The van der Waals surface area contributed by atoms with Gasteiger partial charge in [-0.05, 0) is 84.7 Å². The van der Waals surface area contributed by atoms with Gasteiger partial charge in [0, 0.05) is 20.5 Å². The van der Waals surface area contributed by atoms with E-state index in [0.29, 0.717) is 28.0 Å². The first-order valence-corrected chi connectivity index (χ1v) is 14.4. The second-order valence-electron chi connectivity index (χ2n) is 10.3. The van der Waals surface area contributed by atoms with Gasteiger partial charge in [-0.15, -0.1) is 11.3 Å². The summed E-state index contributed by atoms with van der Waals surface area (Å²) in [4.78, 5) is 20.7. The highest BCUT2D eigenvalue weighted by Gasteiger charge is 2.33. The smallest absolute Gasteiger partial charge is 0.259 e. The summed E-state index contributed by atoms with van der Waals surface area (Å²) < 4.78 is 5.99. The zero-order chi connectivity index (χ0) is 26.0. The molecule has 0 aliphatic heterocycles. The van der Waals surface area contributed by atoms with Crippen molar-refractivity contribution in [2.24, 2.45) is 16.3 Å². The van der Waals surface area contributed by atoms with Crippen molar-refractivity contribution in [1.29, 1.82) is 0 Å². The van der Waals surface area contributed by atoms with Crippen LogP contribution in [0.15, 0.2) is 86.1 Å². The van der Waals surface area contributed by atoms with Crippen LogP contribution in [0.3, 0.4) is 0 Å². The quantitative estimate of drug-likeness (QED) is 0.244. The van der Waals surface area contributed by atoms with Crippen LogP contribution < -0.4 is 5.32 Å². The number of hydrogen-bond donors (Lipinski definition) is 1. The molecule has 1 aliphatic carbocycles. The monoisotopic (exact) mass is 548 g/mol. The molecule has 7 heteroatoms. The fourth-order valence-corrected chi connectivity index (χ4v) is 6.74. The molecule has 1 amide bonds.